The first kappa shape index (κ1) is 19.8. The van der Waals surface area contributed by atoms with Crippen LogP contribution in [0.2, 0.25) is 0 Å². The van der Waals surface area contributed by atoms with E-state index in [1.54, 1.807) is 9.80 Å². The number of rotatable bonds is 5. The number of fused-ring (bicyclic) bond motifs is 2. The van der Waals surface area contributed by atoms with Gasteiger partial charge in [0.2, 0.25) is 11.8 Å². The van der Waals surface area contributed by atoms with Gasteiger partial charge in [0.1, 0.15) is 17.7 Å². The highest BCUT2D eigenvalue weighted by atomic mass is 19.1. The molecule has 4 atom stereocenters. The molecular weight excluding hydrogens is 378 g/mol. The first-order chi connectivity index (χ1) is 13.9. The van der Waals surface area contributed by atoms with E-state index in [2.05, 4.69) is 6.07 Å². The summed E-state index contributed by atoms with van der Waals surface area (Å²) in [6.45, 7) is 3.77. The number of carbonyl (C=O) groups excluding carboxylic acids is 2. The number of halogens is 2. The molecule has 3 fully saturated rings. The maximum atomic E-state index is 13.4. The zero-order valence-electron chi connectivity index (χ0n) is 16.4. The van der Waals surface area contributed by atoms with Gasteiger partial charge in [-0.25, -0.2) is 8.78 Å². The van der Waals surface area contributed by atoms with Gasteiger partial charge in [0.05, 0.1) is 12.1 Å². The predicted molar refractivity (Wildman–Crippen MR) is 100 cm³/mol. The van der Waals surface area contributed by atoms with Crippen LogP contribution in [0.4, 0.5) is 8.78 Å². The maximum absolute atomic E-state index is 13.4. The summed E-state index contributed by atoms with van der Waals surface area (Å²) in [5.74, 6) is -1.67. The van der Waals surface area contributed by atoms with Crippen LogP contribution in [-0.2, 0) is 16.1 Å². The Morgan fingerprint density at radius 2 is 2.03 bits per heavy atom. The van der Waals surface area contributed by atoms with Gasteiger partial charge in [-0.15, -0.1) is 0 Å². The molecule has 3 aliphatic heterocycles. The molecular formula is C21H24F2N4O2. The van der Waals surface area contributed by atoms with Crippen molar-refractivity contribution < 1.29 is 18.4 Å². The van der Waals surface area contributed by atoms with Crippen LogP contribution in [0.5, 0.6) is 0 Å². The van der Waals surface area contributed by atoms with E-state index >= 15 is 0 Å². The molecule has 0 aromatic heterocycles. The molecule has 0 unspecified atom stereocenters. The first-order valence-corrected chi connectivity index (χ1v) is 10.1. The summed E-state index contributed by atoms with van der Waals surface area (Å²) < 4.78 is 26.9. The molecule has 154 valence electrons. The largest absolute Gasteiger partial charge is 0.333 e. The van der Waals surface area contributed by atoms with E-state index in [-0.39, 0.29) is 42.4 Å². The van der Waals surface area contributed by atoms with Crippen LogP contribution in [0, 0.1) is 28.9 Å². The minimum absolute atomic E-state index is 0.0141. The fourth-order valence-electron chi connectivity index (χ4n) is 4.92. The topological polar surface area (TPSA) is 67.7 Å². The van der Waals surface area contributed by atoms with E-state index in [0.29, 0.717) is 31.6 Å². The van der Waals surface area contributed by atoms with Crippen molar-refractivity contribution in [2.75, 3.05) is 19.6 Å². The van der Waals surface area contributed by atoms with Gasteiger partial charge in [-0.05, 0) is 37.0 Å². The molecule has 0 aliphatic carbocycles. The van der Waals surface area contributed by atoms with Crippen molar-refractivity contribution in [3.8, 4) is 6.07 Å². The summed E-state index contributed by atoms with van der Waals surface area (Å²) >= 11 is 0. The molecule has 3 saturated heterocycles. The summed E-state index contributed by atoms with van der Waals surface area (Å²) in [4.78, 5) is 30.9. The SMILES string of the molecule is C[C@@H](CN1C[C@@H]2C[C@H]1C(=O)N2Cc1cc(F)cc(F)c1)C(=O)N1CCC[C@H]1C#N. The molecule has 1 aromatic rings. The molecule has 3 aliphatic rings. The lowest BCUT2D eigenvalue weighted by Gasteiger charge is -2.35. The van der Waals surface area contributed by atoms with E-state index in [1.165, 1.54) is 12.1 Å². The van der Waals surface area contributed by atoms with Crippen LogP contribution in [0.15, 0.2) is 18.2 Å². The molecule has 0 N–H and O–H groups in total. The van der Waals surface area contributed by atoms with Gasteiger partial charge in [0.25, 0.3) is 0 Å². The number of benzene rings is 1. The van der Waals surface area contributed by atoms with E-state index in [0.717, 1.165) is 18.9 Å². The molecule has 0 spiro atoms. The van der Waals surface area contributed by atoms with Crippen LogP contribution in [0.25, 0.3) is 0 Å². The van der Waals surface area contributed by atoms with Crippen LogP contribution in [0.3, 0.4) is 0 Å². The number of nitriles is 1. The number of piperazine rings is 1. The molecule has 0 saturated carbocycles. The van der Waals surface area contributed by atoms with Crippen molar-refractivity contribution in [3.05, 3.63) is 35.4 Å². The number of amides is 2. The predicted octanol–water partition coefficient (Wildman–Crippen LogP) is 1.90. The quantitative estimate of drug-likeness (QED) is 0.755. The minimum atomic E-state index is -0.650. The van der Waals surface area contributed by atoms with Crippen LogP contribution in [0.1, 0.15) is 31.7 Å². The van der Waals surface area contributed by atoms with E-state index in [1.807, 2.05) is 11.8 Å². The van der Waals surface area contributed by atoms with Gasteiger partial charge in [0.15, 0.2) is 0 Å². The van der Waals surface area contributed by atoms with Crippen molar-refractivity contribution in [1.82, 2.24) is 14.7 Å². The average Bonchev–Trinajstić information content (AvgIpc) is 3.36. The number of nitrogens with zero attached hydrogens (tertiary/aromatic N) is 4. The monoisotopic (exact) mass is 402 g/mol. The molecule has 1 aromatic carbocycles. The number of hydrogen-bond acceptors (Lipinski definition) is 4. The zero-order chi connectivity index (χ0) is 20.7. The van der Waals surface area contributed by atoms with Gasteiger partial charge in [-0.2, -0.15) is 5.26 Å². The summed E-state index contributed by atoms with van der Waals surface area (Å²) in [6, 6.07) is 4.86. The lowest BCUT2D eigenvalue weighted by atomic mass is 10.1. The second kappa shape index (κ2) is 7.71. The Balaban J connectivity index is 1.37. The summed E-state index contributed by atoms with van der Waals surface area (Å²) in [5, 5.41) is 9.21. The number of carbonyl (C=O) groups is 2. The van der Waals surface area contributed by atoms with Crippen molar-refractivity contribution in [1.29, 1.82) is 5.26 Å². The Bertz CT molecular complexity index is 850. The van der Waals surface area contributed by atoms with Crippen molar-refractivity contribution in [2.24, 2.45) is 5.92 Å². The standard InChI is InChI=1S/C21H24F2N4O2/c1-13(20(28)26-4-2-3-17(26)9-24)10-25-12-18-8-19(25)21(29)27(18)11-14-5-15(22)7-16(23)6-14/h5-7,13,17-19H,2-4,8,10-12H2,1H3/t13-,17-,18-,19-/m0/s1. The molecule has 4 rings (SSSR count). The van der Waals surface area contributed by atoms with Crippen LogP contribution >= 0.6 is 0 Å². The zero-order valence-corrected chi connectivity index (χ0v) is 16.4. The van der Waals surface area contributed by atoms with Gasteiger partial charge in [0, 0.05) is 44.2 Å². The highest BCUT2D eigenvalue weighted by Crippen LogP contribution is 2.34. The van der Waals surface area contributed by atoms with Gasteiger partial charge in [-0.1, -0.05) is 6.92 Å². The highest BCUT2D eigenvalue weighted by Gasteiger charge is 2.50. The summed E-state index contributed by atoms with van der Waals surface area (Å²) in [5.41, 5.74) is 0.440. The van der Waals surface area contributed by atoms with E-state index < -0.39 is 11.6 Å². The maximum Gasteiger partial charge on any atom is 0.240 e. The lowest BCUT2D eigenvalue weighted by Crippen LogP contribution is -2.52. The van der Waals surface area contributed by atoms with Gasteiger partial charge < -0.3 is 9.80 Å². The Morgan fingerprint density at radius 1 is 1.31 bits per heavy atom. The smallest absolute Gasteiger partial charge is 0.240 e. The van der Waals surface area contributed by atoms with Crippen LogP contribution < -0.4 is 0 Å². The fourth-order valence-corrected chi connectivity index (χ4v) is 4.92. The van der Waals surface area contributed by atoms with Gasteiger partial charge in [-0.3, -0.25) is 14.5 Å². The molecule has 3 heterocycles. The van der Waals surface area contributed by atoms with Gasteiger partial charge >= 0.3 is 0 Å². The second-order valence-electron chi connectivity index (χ2n) is 8.32. The Kier molecular flexibility index (Phi) is 5.26. The third kappa shape index (κ3) is 3.71. The lowest BCUT2D eigenvalue weighted by molar-refractivity contribution is -0.140. The first-order valence-electron chi connectivity index (χ1n) is 10.1. The number of likely N-dealkylation sites (tertiary alicyclic amines) is 3. The summed E-state index contributed by atoms with van der Waals surface area (Å²) in [6.07, 6.45) is 2.23. The average molecular weight is 402 g/mol. The molecule has 2 bridgehead atoms. The Labute approximate surface area is 168 Å². The van der Waals surface area contributed by atoms with E-state index in [4.69, 9.17) is 0 Å². The molecule has 6 nitrogen and oxygen atoms in total. The fraction of sp³-hybridized carbons (Fsp3) is 0.571. The molecule has 2 amide bonds. The van der Waals surface area contributed by atoms with Crippen molar-refractivity contribution in [2.45, 2.75) is 50.9 Å². The van der Waals surface area contributed by atoms with Crippen LogP contribution in [-0.4, -0.2) is 64.3 Å². The highest BCUT2D eigenvalue weighted by molar-refractivity contribution is 5.86. The number of hydrogen-bond donors (Lipinski definition) is 0. The third-order valence-corrected chi connectivity index (χ3v) is 6.28. The minimum Gasteiger partial charge on any atom is -0.333 e. The normalized spacial score (nSPS) is 27.5. The second-order valence-corrected chi connectivity index (χ2v) is 8.32. The van der Waals surface area contributed by atoms with E-state index in [9.17, 15) is 23.6 Å². The third-order valence-electron chi connectivity index (χ3n) is 6.28. The summed E-state index contributed by atoms with van der Waals surface area (Å²) in [7, 11) is 0. The Hall–Kier alpha value is -2.53. The molecule has 0 radical (unpaired) electrons. The molecule has 8 heteroatoms. The Morgan fingerprint density at radius 3 is 2.69 bits per heavy atom. The van der Waals surface area contributed by atoms with Crippen molar-refractivity contribution in [3.63, 3.8) is 0 Å². The molecule has 29 heavy (non-hydrogen) atoms. The van der Waals surface area contributed by atoms with Crippen molar-refractivity contribution >= 4 is 11.8 Å².